The van der Waals surface area contributed by atoms with Gasteiger partial charge in [0.05, 0.1) is 0 Å². The lowest BCUT2D eigenvalue weighted by Gasteiger charge is -2.09. The third kappa shape index (κ3) is 4.53. The van der Waals surface area contributed by atoms with E-state index in [1.165, 1.54) is 12.0 Å². The van der Waals surface area contributed by atoms with Gasteiger partial charge in [-0.05, 0) is 20.3 Å². The molecule has 0 aliphatic heterocycles. The summed E-state index contributed by atoms with van der Waals surface area (Å²) in [6, 6.07) is 0.356. The van der Waals surface area contributed by atoms with E-state index in [2.05, 4.69) is 32.3 Å². The Morgan fingerprint density at radius 2 is 2.20 bits per heavy atom. The van der Waals surface area contributed by atoms with Crippen LogP contribution in [0.15, 0.2) is 11.6 Å². The van der Waals surface area contributed by atoms with Crippen LogP contribution in [-0.2, 0) is 0 Å². The minimum atomic E-state index is 0.356. The second-order valence-electron chi connectivity index (χ2n) is 2.81. The highest BCUT2D eigenvalue weighted by atomic mass is 15.2. The zero-order valence-corrected chi connectivity index (χ0v) is 7.15. The fourth-order valence-electron chi connectivity index (χ4n) is 0.928. The Bertz CT molecular complexity index is 104. The first-order valence-corrected chi connectivity index (χ1v) is 3.81. The molecule has 0 saturated heterocycles. The summed E-state index contributed by atoms with van der Waals surface area (Å²) in [7, 11) is 0. The van der Waals surface area contributed by atoms with Crippen LogP contribution in [0.5, 0.6) is 0 Å². The maximum absolute atomic E-state index is 5.31. The highest BCUT2D eigenvalue weighted by molar-refractivity contribution is 5.00. The van der Waals surface area contributed by atoms with Crippen LogP contribution in [0.4, 0.5) is 0 Å². The average Bonchev–Trinajstić information content (AvgIpc) is 1.86. The van der Waals surface area contributed by atoms with E-state index in [-0.39, 0.29) is 0 Å². The predicted molar refractivity (Wildman–Crippen MR) is 45.5 cm³/mol. The molecule has 2 heteroatoms. The lowest BCUT2D eigenvalue weighted by Crippen LogP contribution is -2.33. The summed E-state index contributed by atoms with van der Waals surface area (Å²) >= 11 is 0. The number of hydrazine groups is 1. The number of nitrogens with one attached hydrogen (secondary N) is 1. The molecule has 0 amide bonds. The summed E-state index contributed by atoms with van der Waals surface area (Å²) in [5.41, 5.74) is 4.07. The number of allylic oxidation sites excluding steroid dienone is 1. The maximum atomic E-state index is 5.31. The summed E-state index contributed by atoms with van der Waals surface area (Å²) in [5.74, 6) is 5.31. The number of rotatable bonds is 4. The fourth-order valence-corrected chi connectivity index (χ4v) is 0.928. The van der Waals surface area contributed by atoms with Gasteiger partial charge in [-0.3, -0.25) is 11.3 Å². The molecular weight excluding hydrogens is 124 g/mol. The van der Waals surface area contributed by atoms with Gasteiger partial charge in [0.25, 0.3) is 0 Å². The van der Waals surface area contributed by atoms with Gasteiger partial charge in [-0.15, -0.1) is 0 Å². The third-order valence-electron chi connectivity index (χ3n) is 1.35. The normalized spacial score (nSPS) is 12.8. The molecule has 0 saturated carbocycles. The summed E-state index contributed by atoms with van der Waals surface area (Å²) in [6.07, 6.45) is 4.43. The van der Waals surface area contributed by atoms with Crippen LogP contribution >= 0.6 is 0 Å². The van der Waals surface area contributed by atoms with E-state index in [1.54, 1.807) is 0 Å². The maximum Gasteiger partial charge on any atom is 0.0392 e. The van der Waals surface area contributed by atoms with E-state index < -0.39 is 0 Å². The zero-order valence-electron chi connectivity index (χ0n) is 7.15. The highest BCUT2D eigenvalue weighted by Crippen LogP contribution is 2.00. The lowest BCUT2D eigenvalue weighted by atomic mass is 10.1. The van der Waals surface area contributed by atoms with Crippen LogP contribution in [0.1, 0.15) is 33.6 Å². The Morgan fingerprint density at radius 3 is 2.50 bits per heavy atom. The Morgan fingerprint density at radius 1 is 1.60 bits per heavy atom. The second kappa shape index (κ2) is 5.45. The predicted octanol–water partition coefficient (Wildman–Crippen LogP) is 1.58. The SMILES string of the molecule is CCCC(C=C(C)C)NN. The van der Waals surface area contributed by atoms with Gasteiger partial charge >= 0.3 is 0 Å². The van der Waals surface area contributed by atoms with Crippen molar-refractivity contribution in [1.29, 1.82) is 0 Å². The molecule has 2 nitrogen and oxygen atoms in total. The van der Waals surface area contributed by atoms with Gasteiger partial charge < -0.3 is 0 Å². The quantitative estimate of drug-likeness (QED) is 0.355. The van der Waals surface area contributed by atoms with E-state index in [1.807, 2.05) is 0 Å². The molecule has 1 atom stereocenters. The zero-order chi connectivity index (χ0) is 7.98. The van der Waals surface area contributed by atoms with Crippen molar-refractivity contribution < 1.29 is 0 Å². The smallest absolute Gasteiger partial charge is 0.0392 e. The number of nitrogens with two attached hydrogens (primary N) is 1. The molecule has 0 heterocycles. The lowest BCUT2D eigenvalue weighted by molar-refractivity contribution is 0.567. The van der Waals surface area contributed by atoms with Crippen LogP contribution in [0.25, 0.3) is 0 Å². The Kier molecular flexibility index (Phi) is 5.26. The Hall–Kier alpha value is -0.340. The molecule has 0 aromatic heterocycles. The highest BCUT2D eigenvalue weighted by Gasteiger charge is 1.98. The van der Waals surface area contributed by atoms with Gasteiger partial charge in [-0.2, -0.15) is 0 Å². The van der Waals surface area contributed by atoms with E-state index in [9.17, 15) is 0 Å². The van der Waals surface area contributed by atoms with Crippen LogP contribution < -0.4 is 11.3 Å². The minimum absolute atomic E-state index is 0.356. The largest absolute Gasteiger partial charge is 0.271 e. The van der Waals surface area contributed by atoms with Crippen molar-refractivity contribution in [2.75, 3.05) is 0 Å². The molecule has 0 aliphatic rings. The van der Waals surface area contributed by atoms with Crippen molar-refractivity contribution in [1.82, 2.24) is 5.43 Å². The van der Waals surface area contributed by atoms with E-state index in [0.717, 1.165) is 6.42 Å². The van der Waals surface area contributed by atoms with Gasteiger partial charge in [0, 0.05) is 6.04 Å². The molecule has 0 spiro atoms. The molecule has 60 valence electrons. The summed E-state index contributed by atoms with van der Waals surface area (Å²) in [4.78, 5) is 0. The van der Waals surface area contributed by atoms with Crippen molar-refractivity contribution in [2.45, 2.75) is 39.7 Å². The van der Waals surface area contributed by atoms with E-state index in [0.29, 0.717) is 6.04 Å². The Labute approximate surface area is 63.5 Å². The monoisotopic (exact) mass is 142 g/mol. The number of hydrogen-bond acceptors (Lipinski definition) is 2. The number of hydrogen-bond donors (Lipinski definition) is 2. The van der Waals surface area contributed by atoms with Crippen molar-refractivity contribution in [3.05, 3.63) is 11.6 Å². The molecule has 0 aliphatic carbocycles. The fraction of sp³-hybridized carbons (Fsp3) is 0.750. The van der Waals surface area contributed by atoms with Crippen molar-refractivity contribution in [3.8, 4) is 0 Å². The molecule has 10 heavy (non-hydrogen) atoms. The van der Waals surface area contributed by atoms with Crippen LogP contribution in [0.2, 0.25) is 0 Å². The third-order valence-corrected chi connectivity index (χ3v) is 1.35. The van der Waals surface area contributed by atoms with Gasteiger partial charge in [-0.1, -0.05) is 25.0 Å². The first kappa shape index (κ1) is 9.66. The van der Waals surface area contributed by atoms with Gasteiger partial charge in [0.2, 0.25) is 0 Å². The Balaban J connectivity index is 3.71. The topological polar surface area (TPSA) is 38.0 Å². The van der Waals surface area contributed by atoms with E-state index in [4.69, 9.17) is 5.84 Å². The molecule has 0 aromatic carbocycles. The van der Waals surface area contributed by atoms with Crippen molar-refractivity contribution >= 4 is 0 Å². The molecule has 1 unspecified atom stereocenters. The van der Waals surface area contributed by atoms with Crippen molar-refractivity contribution in [2.24, 2.45) is 5.84 Å². The molecule has 0 rings (SSSR count). The molecule has 3 N–H and O–H groups in total. The summed E-state index contributed by atoms with van der Waals surface area (Å²) in [6.45, 7) is 6.32. The summed E-state index contributed by atoms with van der Waals surface area (Å²) in [5, 5.41) is 0. The first-order valence-electron chi connectivity index (χ1n) is 3.81. The van der Waals surface area contributed by atoms with E-state index >= 15 is 0 Å². The van der Waals surface area contributed by atoms with Crippen molar-refractivity contribution in [3.63, 3.8) is 0 Å². The minimum Gasteiger partial charge on any atom is -0.271 e. The van der Waals surface area contributed by atoms with Gasteiger partial charge in [0.1, 0.15) is 0 Å². The molecule has 0 bridgehead atoms. The standard InChI is InChI=1S/C8H18N2/c1-4-5-8(10-9)6-7(2)3/h6,8,10H,4-5,9H2,1-3H3. The van der Waals surface area contributed by atoms with Gasteiger partial charge in [-0.25, -0.2) is 0 Å². The second-order valence-corrected chi connectivity index (χ2v) is 2.81. The molecule has 0 radical (unpaired) electrons. The average molecular weight is 142 g/mol. The van der Waals surface area contributed by atoms with Gasteiger partial charge in [0.15, 0.2) is 0 Å². The first-order chi connectivity index (χ1) is 4.70. The molecular formula is C8H18N2. The van der Waals surface area contributed by atoms with Crippen LogP contribution in [0, 0.1) is 0 Å². The molecule has 0 fully saturated rings. The van der Waals surface area contributed by atoms with Crippen LogP contribution in [-0.4, -0.2) is 6.04 Å². The molecule has 0 aromatic rings. The summed E-state index contributed by atoms with van der Waals surface area (Å²) < 4.78 is 0. The van der Waals surface area contributed by atoms with Crippen LogP contribution in [0.3, 0.4) is 0 Å².